The van der Waals surface area contributed by atoms with E-state index in [9.17, 15) is 0 Å². The maximum Gasteiger partial charge on any atom is 0.194 e. The van der Waals surface area contributed by atoms with Crippen LogP contribution < -0.4 is 5.73 Å². The van der Waals surface area contributed by atoms with Crippen LogP contribution in [0.4, 0.5) is 0 Å². The summed E-state index contributed by atoms with van der Waals surface area (Å²) in [4.78, 5) is 10.0. The summed E-state index contributed by atoms with van der Waals surface area (Å²) in [7, 11) is 0. The SMILES string of the molecule is CC(N)Cc1c(Sc2ccccn2)nc2sccn12. The van der Waals surface area contributed by atoms with E-state index < -0.39 is 0 Å². The van der Waals surface area contributed by atoms with E-state index in [1.54, 1.807) is 29.3 Å². The van der Waals surface area contributed by atoms with Crippen molar-refractivity contribution in [1.29, 1.82) is 0 Å². The summed E-state index contributed by atoms with van der Waals surface area (Å²) < 4.78 is 2.12. The van der Waals surface area contributed by atoms with Crippen molar-refractivity contribution < 1.29 is 0 Å². The molecule has 1 atom stereocenters. The number of nitrogens with zero attached hydrogens (tertiary/aromatic N) is 3. The average molecular weight is 290 g/mol. The number of imidazole rings is 1. The van der Waals surface area contributed by atoms with Gasteiger partial charge in [-0.15, -0.1) is 11.3 Å². The van der Waals surface area contributed by atoms with Gasteiger partial charge in [-0.3, -0.25) is 4.40 Å². The van der Waals surface area contributed by atoms with Crippen molar-refractivity contribution in [2.24, 2.45) is 5.73 Å². The highest BCUT2D eigenvalue weighted by atomic mass is 32.2. The molecule has 0 amide bonds. The first-order valence-electron chi connectivity index (χ1n) is 6.03. The quantitative estimate of drug-likeness (QED) is 0.803. The number of nitrogens with two attached hydrogens (primary N) is 1. The first kappa shape index (κ1) is 12.7. The fraction of sp³-hybridized carbons (Fsp3) is 0.231. The molecular weight excluding hydrogens is 276 g/mol. The van der Waals surface area contributed by atoms with Gasteiger partial charge in [0.15, 0.2) is 4.96 Å². The van der Waals surface area contributed by atoms with Crippen LogP contribution in [0.5, 0.6) is 0 Å². The van der Waals surface area contributed by atoms with Crippen LogP contribution in [-0.4, -0.2) is 20.4 Å². The third-order valence-electron chi connectivity index (χ3n) is 2.68. The molecule has 0 aromatic carbocycles. The zero-order chi connectivity index (χ0) is 13.2. The molecule has 3 aromatic rings. The number of thiazole rings is 1. The normalized spacial score (nSPS) is 12.9. The molecule has 0 spiro atoms. The smallest absolute Gasteiger partial charge is 0.194 e. The molecule has 19 heavy (non-hydrogen) atoms. The Balaban J connectivity index is 2.00. The zero-order valence-corrected chi connectivity index (χ0v) is 12.1. The number of rotatable bonds is 4. The summed E-state index contributed by atoms with van der Waals surface area (Å²) in [6, 6.07) is 6.01. The van der Waals surface area contributed by atoms with Crippen LogP contribution in [-0.2, 0) is 6.42 Å². The largest absolute Gasteiger partial charge is 0.328 e. The Morgan fingerprint density at radius 3 is 3.11 bits per heavy atom. The van der Waals surface area contributed by atoms with Crippen LogP contribution in [0.3, 0.4) is 0 Å². The van der Waals surface area contributed by atoms with E-state index in [1.807, 2.05) is 36.7 Å². The standard InChI is InChI=1S/C13H14N4S2/c1-9(14)8-10-12(16-13-17(10)6-7-18-13)19-11-4-2-3-5-15-11/h2-7,9H,8,14H2,1H3. The van der Waals surface area contributed by atoms with E-state index in [1.165, 1.54) is 5.69 Å². The third-order valence-corrected chi connectivity index (χ3v) is 4.41. The summed E-state index contributed by atoms with van der Waals surface area (Å²) in [6.45, 7) is 2.01. The molecule has 6 heteroatoms. The molecule has 98 valence electrons. The van der Waals surface area contributed by atoms with E-state index in [0.29, 0.717) is 0 Å². The average Bonchev–Trinajstić information content (AvgIpc) is 2.94. The van der Waals surface area contributed by atoms with Crippen LogP contribution in [0.2, 0.25) is 0 Å². The van der Waals surface area contributed by atoms with Crippen molar-refractivity contribution in [2.75, 3.05) is 0 Å². The molecule has 3 heterocycles. The van der Waals surface area contributed by atoms with Gasteiger partial charge in [0.2, 0.25) is 0 Å². The minimum Gasteiger partial charge on any atom is -0.328 e. The second-order valence-corrected chi connectivity index (χ2v) is 6.25. The molecule has 0 bridgehead atoms. The highest BCUT2D eigenvalue weighted by Gasteiger charge is 2.15. The van der Waals surface area contributed by atoms with E-state index in [-0.39, 0.29) is 6.04 Å². The summed E-state index contributed by atoms with van der Waals surface area (Å²) in [5.74, 6) is 0. The number of pyridine rings is 1. The highest BCUT2D eigenvalue weighted by molar-refractivity contribution is 7.99. The molecule has 3 rings (SSSR count). The lowest BCUT2D eigenvalue weighted by Gasteiger charge is -2.06. The van der Waals surface area contributed by atoms with Crippen molar-refractivity contribution >= 4 is 28.1 Å². The molecule has 0 saturated heterocycles. The summed E-state index contributed by atoms with van der Waals surface area (Å²) >= 11 is 3.23. The summed E-state index contributed by atoms with van der Waals surface area (Å²) in [6.07, 6.45) is 4.66. The predicted octanol–water partition coefficient (Wildman–Crippen LogP) is 2.83. The van der Waals surface area contributed by atoms with Crippen LogP contribution in [0, 0.1) is 0 Å². The van der Waals surface area contributed by atoms with Gasteiger partial charge in [0.1, 0.15) is 10.1 Å². The minimum absolute atomic E-state index is 0.114. The van der Waals surface area contributed by atoms with E-state index in [0.717, 1.165) is 21.4 Å². The molecular formula is C13H14N4S2. The molecule has 0 radical (unpaired) electrons. The van der Waals surface area contributed by atoms with Gasteiger partial charge in [0.05, 0.1) is 5.69 Å². The lowest BCUT2D eigenvalue weighted by atomic mass is 10.2. The van der Waals surface area contributed by atoms with Gasteiger partial charge in [-0.2, -0.15) is 0 Å². The van der Waals surface area contributed by atoms with Crippen LogP contribution >= 0.6 is 23.1 Å². The molecule has 0 saturated carbocycles. The van der Waals surface area contributed by atoms with Crippen molar-refractivity contribution in [2.45, 2.75) is 29.4 Å². The molecule has 4 nitrogen and oxygen atoms in total. The van der Waals surface area contributed by atoms with Gasteiger partial charge in [-0.1, -0.05) is 6.07 Å². The van der Waals surface area contributed by atoms with Crippen molar-refractivity contribution in [3.05, 3.63) is 41.7 Å². The number of hydrogen-bond acceptors (Lipinski definition) is 5. The molecule has 0 fully saturated rings. The molecule has 0 aliphatic carbocycles. The molecule has 0 aliphatic rings. The van der Waals surface area contributed by atoms with E-state index in [4.69, 9.17) is 5.73 Å². The van der Waals surface area contributed by atoms with Crippen LogP contribution in [0.15, 0.2) is 46.0 Å². The highest BCUT2D eigenvalue weighted by Crippen LogP contribution is 2.31. The Bertz CT molecular complexity index is 672. The lowest BCUT2D eigenvalue weighted by Crippen LogP contribution is -2.19. The van der Waals surface area contributed by atoms with Gasteiger partial charge < -0.3 is 5.73 Å². The van der Waals surface area contributed by atoms with Crippen LogP contribution in [0.25, 0.3) is 4.96 Å². The maximum absolute atomic E-state index is 5.94. The Morgan fingerprint density at radius 2 is 2.37 bits per heavy atom. The molecule has 0 aliphatic heterocycles. The second-order valence-electron chi connectivity index (χ2n) is 4.37. The molecule has 3 aromatic heterocycles. The van der Waals surface area contributed by atoms with Gasteiger partial charge in [-0.05, 0) is 30.8 Å². The van der Waals surface area contributed by atoms with Gasteiger partial charge in [0, 0.05) is 30.2 Å². The topological polar surface area (TPSA) is 56.2 Å². The monoisotopic (exact) mass is 290 g/mol. The number of aromatic nitrogens is 3. The first-order valence-corrected chi connectivity index (χ1v) is 7.72. The Morgan fingerprint density at radius 1 is 1.47 bits per heavy atom. The fourth-order valence-corrected chi connectivity index (χ4v) is 3.57. The first-order chi connectivity index (χ1) is 9.24. The Labute approximate surface area is 119 Å². The lowest BCUT2D eigenvalue weighted by molar-refractivity contribution is 0.706. The van der Waals surface area contributed by atoms with Crippen molar-refractivity contribution in [3.8, 4) is 0 Å². The van der Waals surface area contributed by atoms with Crippen molar-refractivity contribution in [1.82, 2.24) is 14.4 Å². The van der Waals surface area contributed by atoms with E-state index in [2.05, 4.69) is 14.4 Å². The van der Waals surface area contributed by atoms with Gasteiger partial charge >= 0.3 is 0 Å². The summed E-state index contributed by atoms with van der Waals surface area (Å²) in [5, 5.41) is 4.00. The van der Waals surface area contributed by atoms with Crippen LogP contribution in [0.1, 0.15) is 12.6 Å². The molecule has 1 unspecified atom stereocenters. The maximum atomic E-state index is 5.94. The fourth-order valence-electron chi connectivity index (χ4n) is 1.89. The Hall–Kier alpha value is -1.37. The van der Waals surface area contributed by atoms with Crippen molar-refractivity contribution in [3.63, 3.8) is 0 Å². The number of fused-ring (bicyclic) bond motifs is 1. The number of hydrogen-bond donors (Lipinski definition) is 1. The second kappa shape index (κ2) is 5.32. The Kier molecular flexibility index (Phi) is 3.54. The predicted molar refractivity (Wildman–Crippen MR) is 78.8 cm³/mol. The molecule has 2 N–H and O–H groups in total. The van der Waals surface area contributed by atoms with Gasteiger partial charge in [-0.25, -0.2) is 9.97 Å². The van der Waals surface area contributed by atoms with E-state index >= 15 is 0 Å². The minimum atomic E-state index is 0.114. The third kappa shape index (κ3) is 2.65. The zero-order valence-electron chi connectivity index (χ0n) is 10.5. The van der Waals surface area contributed by atoms with Gasteiger partial charge in [0.25, 0.3) is 0 Å². The summed E-state index contributed by atoms with van der Waals surface area (Å²) in [5.41, 5.74) is 7.11.